The minimum atomic E-state index is -0.0626. The van der Waals surface area contributed by atoms with Gasteiger partial charge in [0.15, 0.2) is 0 Å². The van der Waals surface area contributed by atoms with Gasteiger partial charge in [-0.25, -0.2) is 4.79 Å². The van der Waals surface area contributed by atoms with E-state index in [0.29, 0.717) is 35.8 Å². The Morgan fingerprint density at radius 2 is 1.76 bits per heavy atom. The third-order valence-corrected chi connectivity index (χ3v) is 10.5. The van der Waals surface area contributed by atoms with Crippen molar-refractivity contribution in [3.8, 4) is 0 Å². The molecule has 34 heavy (non-hydrogen) atoms. The first-order chi connectivity index (χ1) is 16.5. The van der Waals surface area contributed by atoms with Crippen LogP contribution in [0.3, 0.4) is 0 Å². The van der Waals surface area contributed by atoms with Gasteiger partial charge in [-0.1, -0.05) is 19.3 Å². The second-order valence-electron chi connectivity index (χ2n) is 12.1. The largest absolute Gasteiger partial charge is 0.394 e. The molecule has 7 nitrogen and oxygen atoms in total. The fourth-order valence-corrected chi connectivity index (χ4v) is 8.85. The Kier molecular flexibility index (Phi) is 7.14. The molecule has 5 fully saturated rings. The van der Waals surface area contributed by atoms with Gasteiger partial charge in [-0.15, -0.1) is 0 Å². The first-order valence-electron chi connectivity index (χ1n) is 13.9. The van der Waals surface area contributed by atoms with Crippen LogP contribution in [0.25, 0.3) is 0 Å². The van der Waals surface area contributed by atoms with Gasteiger partial charge in [0.25, 0.3) is 0 Å². The summed E-state index contributed by atoms with van der Waals surface area (Å²) in [6.45, 7) is 4.00. The number of piperidine rings is 2. The van der Waals surface area contributed by atoms with Crippen molar-refractivity contribution in [2.45, 2.75) is 95.7 Å². The Balaban J connectivity index is 1.33. The molecule has 3 saturated carbocycles. The highest BCUT2D eigenvalue weighted by atomic mass is 16.5. The number of aliphatic hydroxyl groups excluding tert-OH is 1. The van der Waals surface area contributed by atoms with Crippen molar-refractivity contribution < 1.29 is 19.4 Å². The third kappa shape index (κ3) is 4.36. The number of methoxy groups -OCH3 is 1. The van der Waals surface area contributed by atoms with E-state index < -0.39 is 0 Å². The highest BCUT2D eigenvalue weighted by Gasteiger charge is 2.61. The number of rotatable bonds is 3. The molecule has 2 aliphatic heterocycles. The maximum Gasteiger partial charge on any atom is 0.317 e. The molecule has 192 valence electrons. The highest BCUT2D eigenvalue weighted by molar-refractivity contribution is 5.75. The van der Waals surface area contributed by atoms with Gasteiger partial charge in [0.05, 0.1) is 18.8 Å². The summed E-state index contributed by atoms with van der Waals surface area (Å²) in [4.78, 5) is 29.8. The van der Waals surface area contributed by atoms with Crippen molar-refractivity contribution in [1.82, 2.24) is 15.1 Å². The number of hydrogen-bond acceptors (Lipinski definition) is 4. The summed E-state index contributed by atoms with van der Waals surface area (Å²) < 4.78 is 5.74. The zero-order valence-electron chi connectivity index (χ0n) is 21.2. The first-order valence-corrected chi connectivity index (χ1v) is 13.9. The van der Waals surface area contributed by atoms with Gasteiger partial charge in [0.2, 0.25) is 5.91 Å². The lowest BCUT2D eigenvalue weighted by molar-refractivity contribution is -0.151. The first kappa shape index (κ1) is 24.4. The molecule has 5 rings (SSSR count). The fraction of sp³-hybridized carbons (Fsp3) is 0.926. The molecular formula is C27H45N3O4. The van der Waals surface area contributed by atoms with Crippen molar-refractivity contribution >= 4 is 11.9 Å². The van der Waals surface area contributed by atoms with Gasteiger partial charge in [0.1, 0.15) is 0 Å². The van der Waals surface area contributed by atoms with Crippen molar-refractivity contribution in [2.24, 2.45) is 29.1 Å². The van der Waals surface area contributed by atoms with Crippen LogP contribution in [0, 0.1) is 29.1 Å². The van der Waals surface area contributed by atoms with Crippen LogP contribution in [0.5, 0.6) is 0 Å². The van der Waals surface area contributed by atoms with Crippen LogP contribution >= 0.6 is 0 Å². The summed E-state index contributed by atoms with van der Waals surface area (Å²) in [5.41, 5.74) is 0.0585. The summed E-state index contributed by atoms with van der Waals surface area (Å²) in [7, 11) is 1.83. The van der Waals surface area contributed by atoms with Crippen LogP contribution in [0.15, 0.2) is 0 Å². The van der Waals surface area contributed by atoms with Crippen molar-refractivity contribution in [2.75, 3.05) is 33.4 Å². The Morgan fingerprint density at radius 3 is 2.41 bits per heavy atom. The number of carbonyl (C=O) groups is 2. The quantitative estimate of drug-likeness (QED) is 0.656. The fourth-order valence-electron chi connectivity index (χ4n) is 8.85. The van der Waals surface area contributed by atoms with E-state index in [2.05, 4.69) is 5.32 Å². The number of nitrogens with one attached hydrogen (secondary N) is 1. The smallest absolute Gasteiger partial charge is 0.317 e. The minimum Gasteiger partial charge on any atom is -0.394 e. The molecule has 1 spiro atoms. The monoisotopic (exact) mass is 475 g/mol. The SMILES string of the molecule is COC1CCC2C(C1)CC1C2C2(CCN(C(=O)NC3CCCCC3)CC2)CN(C(C)=O)[C@H]1CO. The molecule has 5 unspecified atom stereocenters. The minimum absolute atomic E-state index is 0.0554. The second-order valence-corrected chi connectivity index (χ2v) is 12.1. The van der Waals surface area contributed by atoms with E-state index in [1.807, 2.05) is 16.9 Å². The maximum absolute atomic E-state index is 13.0. The maximum atomic E-state index is 13.0. The number of ether oxygens (including phenoxy) is 1. The normalized spacial score (nSPS) is 37.9. The van der Waals surface area contributed by atoms with E-state index in [-0.39, 0.29) is 30.0 Å². The van der Waals surface area contributed by atoms with E-state index in [9.17, 15) is 14.7 Å². The van der Waals surface area contributed by atoms with Crippen LogP contribution in [-0.2, 0) is 9.53 Å². The molecule has 0 aromatic carbocycles. The molecule has 2 saturated heterocycles. The number of nitrogens with zero attached hydrogens (tertiary/aromatic N) is 2. The van der Waals surface area contributed by atoms with Crippen molar-refractivity contribution in [1.29, 1.82) is 0 Å². The Bertz CT molecular complexity index is 746. The van der Waals surface area contributed by atoms with Crippen molar-refractivity contribution in [3.63, 3.8) is 0 Å². The summed E-state index contributed by atoms with van der Waals surface area (Å²) in [5.74, 6) is 2.25. The Morgan fingerprint density at radius 1 is 1.03 bits per heavy atom. The number of fused-ring (bicyclic) bond motifs is 4. The number of aliphatic hydroxyl groups is 1. The lowest BCUT2D eigenvalue weighted by Gasteiger charge is -2.58. The van der Waals surface area contributed by atoms with E-state index in [1.165, 1.54) is 25.7 Å². The summed E-state index contributed by atoms with van der Waals surface area (Å²) in [6.07, 6.45) is 12.7. The molecule has 2 N–H and O–H groups in total. The van der Waals surface area contributed by atoms with Crippen LogP contribution in [0.4, 0.5) is 4.79 Å². The molecule has 7 heteroatoms. The molecular weight excluding hydrogens is 430 g/mol. The molecule has 0 aromatic heterocycles. The lowest BCUT2D eigenvalue weighted by atomic mass is 9.57. The van der Waals surface area contributed by atoms with Gasteiger partial charge in [0, 0.05) is 39.7 Å². The topological polar surface area (TPSA) is 82.1 Å². The number of amides is 3. The van der Waals surface area contributed by atoms with Crippen molar-refractivity contribution in [3.05, 3.63) is 0 Å². The van der Waals surface area contributed by atoms with Gasteiger partial charge in [-0.2, -0.15) is 0 Å². The number of hydrogen-bond donors (Lipinski definition) is 2. The summed E-state index contributed by atoms with van der Waals surface area (Å²) in [5, 5.41) is 13.7. The molecule has 6 atom stereocenters. The summed E-state index contributed by atoms with van der Waals surface area (Å²) in [6, 6.07) is 0.379. The average molecular weight is 476 g/mol. The van der Waals surface area contributed by atoms with Crippen LogP contribution < -0.4 is 5.32 Å². The summed E-state index contributed by atoms with van der Waals surface area (Å²) >= 11 is 0. The van der Waals surface area contributed by atoms with Gasteiger partial charge >= 0.3 is 6.03 Å². The van der Waals surface area contributed by atoms with E-state index in [1.54, 1.807) is 6.92 Å². The van der Waals surface area contributed by atoms with Crippen LogP contribution in [-0.4, -0.2) is 78.4 Å². The lowest BCUT2D eigenvalue weighted by Crippen LogP contribution is -2.63. The van der Waals surface area contributed by atoms with Crippen LogP contribution in [0.1, 0.15) is 77.6 Å². The predicted octanol–water partition coefficient (Wildman–Crippen LogP) is 3.40. The molecule has 3 amide bonds. The molecule has 3 aliphatic carbocycles. The zero-order valence-corrected chi connectivity index (χ0v) is 21.2. The predicted molar refractivity (Wildman–Crippen MR) is 130 cm³/mol. The average Bonchev–Trinajstić information content (AvgIpc) is 3.24. The van der Waals surface area contributed by atoms with Crippen LogP contribution in [0.2, 0.25) is 0 Å². The number of likely N-dealkylation sites (tertiary alicyclic amines) is 2. The Labute approximate surface area is 204 Å². The van der Waals surface area contributed by atoms with E-state index >= 15 is 0 Å². The Hall–Kier alpha value is -1.34. The molecule has 2 heterocycles. The van der Waals surface area contributed by atoms with Gasteiger partial charge in [-0.3, -0.25) is 4.79 Å². The molecule has 0 radical (unpaired) electrons. The van der Waals surface area contributed by atoms with Gasteiger partial charge < -0.3 is 25.0 Å². The number of carbonyl (C=O) groups excluding carboxylic acids is 2. The second kappa shape index (κ2) is 9.96. The van der Waals surface area contributed by atoms with Gasteiger partial charge in [-0.05, 0) is 80.5 Å². The molecule has 0 bridgehead atoms. The third-order valence-electron chi connectivity index (χ3n) is 10.5. The van der Waals surface area contributed by atoms with E-state index in [4.69, 9.17) is 4.74 Å². The molecule has 5 aliphatic rings. The van der Waals surface area contributed by atoms with E-state index in [0.717, 1.165) is 64.6 Å². The highest BCUT2D eigenvalue weighted by Crippen LogP contribution is 2.62. The zero-order chi connectivity index (χ0) is 23.9. The standard InChI is InChI=1S/C27H45N3O4/c1-18(32)30-17-27(10-12-29(13-11-27)26(33)28-20-6-4-3-5-7-20)25-22-9-8-21(34-2)14-19(22)15-23(25)24(30)16-31/h19-25,31H,3-17H2,1-2H3,(H,28,33)/t19?,21?,22?,23?,24-,25?/m0/s1. The molecule has 0 aromatic rings. The number of urea groups is 1.